The van der Waals surface area contributed by atoms with Gasteiger partial charge in [0.15, 0.2) is 0 Å². The van der Waals surface area contributed by atoms with Gasteiger partial charge in [0.2, 0.25) is 0 Å². The van der Waals surface area contributed by atoms with Crippen LogP contribution >= 0.6 is 15.9 Å². The van der Waals surface area contributed by atoms with Crippen LogP contribution in [-0.4, -0.2) is 6.04 Å². The Morgan fingerprint density at radius 1 is 1.58 bits per heavy atom. The second-order valence-corrected chi connectivity index (χ2v) is 3.78. The fourth-order valence-corrected chi connectivity index (χ4v) is 1.29. The van der Waals surface area contributed by atoms with E-state index in [0.717, 1.165) is 5.56 Å². The van der Waals surface area contributed by atoms with Gasteiger partial charge in [-0.05, 0) is 47.0 Å². The van der Waals surface area contributed by atoms with E-state index in [1.807, 2.05) is 13.0 Å². The Hall–Kier alpha value is -0.410. The minimum atomic E-state index is -0.229. The van der Waals surface area contributed by atoms with Crippen LogP contribution in [0.25, 0.3) is 0 Å². The molecule has 66 valence electrons. The molecule has 0 amide bonds. The first-order chi connectivity index (χ1) is 5.59. The summed E-state index contributed by atoms with van der Waals surface area (Å²) in [7, 11) is 0. The van der Waals surface area contributed by atoms with Gasteiger partial charge >= 0.3 is 0 Å². The van der Waals surface area contributed by atoms with Crippen molar-refractivity contribution in [3.63, 3.8) is 0 Å². The predicted molar refractivity (Wildman–Crippen MR) is 51.5 cm³/mol. The summed E-state index contributed by atoms with van der Waals surface area (Å²) in [5, 5.41) is 0. The summed E-state index contributed by atoms with van der Waals surface area (Å²) in [6.45, 7) is 1.90. The Labute approximate surface area is 79.9 Å². The van der Waals surface area contributed by atoms with Gasteiger partial charge < -0.3 is 5.73 Å². The van der Waals surface area contributed by atoms with E-state index >= 15 is 0 Å². The topological polar surface area (TPSA) is 26.0 Å². The maximum atomic E-state index is 12.9. The number of benzene rings is 1. The van der Waals surface area contributed by atoms with Crippen LogP contribution in [-0.2, 0) is 6.42 Å². The molecule has 0 unspecified atom stereocenters. The number of hydrogen-bond donors (Lipinski definition) is 1. The van der Waals surface area contributed by atoms with Crippen LogP contribution in [0.15, 0.2) is 22.7 Å². The summed E-state index contributed by atoms with van der Waals surface area (Å²) in [4.78, 5) is 0. The SMILES string of the molecule is C[C@H](N)Cc1ccc(Br)c(F)c1. The minimum Gasteiger partial charge on any atom is -0.328 e. The van der Waals surface area contributed by atoms with Crippen LogP contribution in [0, 0.1) is 5.82 Å². The highest BCUT2D eigenvalue weighted by Gasteiger charge is 2.02. The molecule has 1 rings (SSSR count). The van der Waals surface area contributed by atoms with Crippen molar-refractivity contribution >= 4 is 15.9 Å². The summed E-state index contributed by atoms with van der Waals surface area (Å²) in [5.74, 6) is -0.229. The number of rotatable bonds is 2. The Balaban J connectivity index is 2.82. The van der Waals surface area contributed by atoms with E-state index in [9.17, 15) is 4.39 Å². The maximum absolute atomic E-state index is 12.9. The Morgan fingerprint density at radius 3 is 2.75 bits per heavy atom. The van der Waals surface area contributed by atoms with Gasteiger partial charge in [-0.15, -0.1) is 0 Å². The molecule has 0 saturated carbocycles. The van der Waals surface area contributed by atoms with Gasteiger partial charge in [0, 0.05) is 6.04 Å². The smallest absolute Gasteiger partial charge is 0.137 e. The first kappa shape index (κ1) is 9.68. The van der Waals surface area contributed by atoms with Crippen LogP contribution in [0.5, 0.6) is 0 Å². The van der Waals surface area contributed by atoms with Crippen molar-refractivity contribution in [1.82, 2.24) is 0 Å². The second kappa shape index (κ2) is 4.01. The van der Waals surface area contributed by atoms with Crippen LogP contribution < -0.4 is 5.73 Å². The van der Waals surface area contributed by atoms with Crippen molar-refractivity contribution < 1.29 is 4.39 Å². The summed E-state index contributed by atoms with van der Waals surface area (Å²) >= 11 is 3.09. The maximum Gasteiger partial charge on any atom is 0.137 e. The average molecular weight is 232 g/mol. The molecule has 1 nitrogen and oxygen atoms in total. The fourth-order valence-electron chi connectivity index (χ4n) is 1.04. The molecule has 1 aromatic rings. The third-order valence-electron chi connectivity index (χ3n) is 1.54. The van der Waals surface area contributed by atoms with Crippen molar-refractivity contribution in [2.24, 2.45) is 5.73 Å². The highest BCUT2D eigenvalue weighted by Crippen LogP contribution is 2.16. The molecule has 2 N–H and O–H groups in total. The lowest BCUT2D eigenvalue weighted by molar-refractivity contribution is 0.616. The first-order valence-corrected chi connectivity index (χ1v) is 4.58. The zero-order chi connectivity index (χ0) is 9.14. The van der Waals surface area contributed by atoms with Crippen molar-refractivity contribution in [2.45, 2.75) is 19.4 Å². The summed E-state index contributed by atoms with van der Waals surface area (Å²) in [5.41, 5.74) is 6.51. The molecule has 0 aliphatic heterocycles. The average Bonchev–Trinajstić information content (AvgIpc) is 1.96. The number of nitrogens with two attached hydrogens (primary N) is 1. The van der Waals surface area contributed by atoms with E-state index in [1.54, 1.807) is 6.07 Å². The van der Waals surface area contributed by atoms with Gasteiger partial charge in [-0.25, -0.2) is 4.39 Å². The largest absolute Gasteiger partial charge is 0.328 e. The van der Waals surface area contributed by atoms with Crippen molar-refractivity contribution in [3.8, 4) is 0 Å². The molecule has 0 spiro atoms. The van der Waals surface area contributed by atoms with Gasteiger partial charge in [-0.1, -0.05) is 6.07 Å². The van der Waals surface area contributed by atoms with Gasteiger partial charge in [-0.3, -0.25) is 0 Å². The van der Waals surface area contributed by atoms with E-state index in [4.69, 9.17) is 5.73 Å². The standard InChI is InChI=1S/C9H11BrFN/c1-6(12)4-7-2-3-8(10)9(11)5-7/h2-3,5-6H,4,12H2,1H3/t6-/m0/s1. The van der Waals surface area contributed by atoms with Gasteiger partial charge in [0.1, 0.15) is 5.82 Å². The summed E-state index contributed by atoms with van der Waals surface area (Å²) in [6, 6.07) is 5.15. The van der Waals surface area contributed by atoms with Crippen molar-refractivity contribution in [2.75, 3.05) is 0 Å². The predicted octanol–water partition coefficient (Wildman–Crippen LogP) is 2.48. The van der Waals surface area contributed by atoms with Gasteiger partial charge in [0.25, 0.3) is 0 Å². The fraction of sp³-hybridized carbons (Fsp3) is 0.333. The van der Waals surface area contributed by atoms with E-state index in [-0.39, 0.29) is 11.9 Å². The molecule has 12 heavy (non-hydrogen) atoms. The van der Waals surface area contributed by atoms with E-state index < -0.39 is 0 Å². The van der Waals surface area contributed by atoms with Gasteiger partial charge in [-0.2, -0.15) is 0 Å². The molecule has 1 aromatic carbocycles. The molecular formula is C9H11BrFN. The molecule has 0 aromatic heterocycles. The summed E-state index contributed by atoms with van der Waals surface area (Å²) < 4.78 is 13.4. The Kier molecular flexibility index (Phi) is 3.23. The molecule has 0 heterocycles. The monoisotopic (exact) mass is 231 g/mol. The van der Waals surface area contributed by atoms with Gasteiger partial charge in [0.05, 0.1) is 4.47 Å². The van der Waals surface area contributed by atoms with Crippen molar-refractivity contribution in [1.29, 1.82) is 0 Å². The van der Waals surface area contributed by atoms with Crippen molar-refractivity contribution in [3.05, 3.63) is 34.1 Å². The Morgan fingerprint density at radius 2 is 2.25 bits per heavy atom. The molecule has 0 radical (unpaired) electrons. The molecule has 0 fully saturated rings. The quantitative estimate of drug-likeness (QED) is 0.832. The normalized spacial score (nSPS) is 13.0. The molecule has 0 bridgehead atoms. The number of halogens is 2. The number of hydrogen-bond acceptors (Lipinski definition) is 1. The second-order valence-electron chi connectivity index (χ2n) is 2.93. The summed E-state index contributed by atoms with van der Waals surface area (Å²) in [6.07, 6.45) is 0.712. The molecular weight excluding hydrogens is 221 g/mol. The van der Waals surface area contributed by atoms with E-state index in [2.05, 4.69) is 15.9 Å². The zero-order valence-corrected chi connectivity index (χ0v) is 8.44. The van der Waals surface area contributed by atoms with Crippen LogP contribution in [0.4, 0.5) is 4.39 Å². The minimum absolute atomic E-state index is 0.0746. The van der Waals surface area contributed by atoms with E-state index in [1.165, 1.54) is 6.07 Å². The first-order valence-electron chi connectivity index (χ1n) is 3.79. The lowest BCUT2D eigenvalue weighted by atomic mass is 10.1. The molecule has 0 aliphatic rings. The lowest BCUT2D eigenvalue weighted by Crippen LogP contribution is -2.17. The third kappa shape index (κ3) is 2.57. The molecule has 3 heteroatoms. The highest BCUT2D eigenvalue weighted by molar-refractivity contribution is 9.10. The molecule has 0 saturated heterocycles. The van der Waals surface area contributed by atoms with E-state index in [0.29, 0.717) is 10.9 Å². The lowest BCUT2D eigenvalue weighted by Gasteiger charge is -2.05. The molecule has 0 aliphatic carbocycles. The Bertz CT molecular complexity index is 273. The van der Waals surface area contributed by atoms with Crippen LogP contribution in [0.3, 0.4) is 0 Å². The third-order valence-corrected chi connectivity index (χ3v) is 2.18. The zero-order valence-electron chi connectivity index (χ0n) is 6.85. The van der Waals surface area contributed by atoms with Crippen LogP contribution in [0.1, 0.15) is 12.5 Å². The highest BCUT2D eigenvalue weighted by atomic mass is 79.9. The van der Waals surface area contributed by atoms with Crippen LogP contribution in [0.2, 0.25) is 0 Å². The molecule has 1 atom stereocenters.